The monoisotopic (exact) mass is 574 g/mol. The van der Waals surface area contributed by atoms with E-state index >= 15 is 0 Å². The van der Waals surface area contributed by atoms with E-state index in [9.17, 15) is 0 Å². The molecule has 2 aliphatic heterocycles. The molecule has 1 N–H and O–H groups in total. The van der Waals surface area contributed by atoms with Crippen molar-refractivity contribution in [3.05, 3.63) is 70.6 Å². The topological polar surface area (TPSA) is 67.4 Å². The molecule has 1 aromatic carbocycles. The van der Waals surface area contributed by atoms with Gasteiger partial charge in [0.2, 0.25) is 0 Å². The predicted octanol–water partition coefficient (Wildman–Crippen LogP) is 4.41. The number of nitrogens with one attached hydrogen (secondary N) is 1. The molecule has 0 spiro atoms. The summed E-state index contributed by atoms with van der Waals surface area (Å²) in [6.45, 7) is 11.6. The van der Waals surface area contributed by atoms with Crippen LogP contribution in [0.2, 0.25) is 0 Å². The van der Waals surface area contributed by atoms with Gasteiger partial charge in [0.15, 0.2) is 5.65 Å². The number of piperazine rings is 2. The molecule has 3 aromatic heterocycles. The van der Waals surface area contributed by atoms with Gasteiger partial charge in [-0.15, -0.1) is 0 Å². The smallest absolute Gasteiger partial charge is 0.159 e. The summed E-state index contributed by atoms with van der Waals surface area (Å²) in [7, 11) is 2.20. The summed E-state index contributed by atoms with van der Waals surface area (Å²) in [6.07, 6.45) is 5.66. The van der Waals surface area contributed by atoms with Crippen LogP contribution in [0.15, 0.2) is 59.5 Å². The van der Waals surface area contributed by atoms with E-state index in [4.69, 9.17) is 4.98 Å². The largest absolute Gasteiger partial charge is 0.366 e. The van der Waals surface area contributed by atoms with E-state index in [1.165, 1.54) is 11.1 Å². The highest BCUT2D eigenvalue weighted by Crippen LogP contribution is 2.35. The molecular weight excluding hydrogens is 540 g/mol. The number of hydrogen-bond acceptors (Lipinski definition) is 7. The molecule has 1 unspecified atom stereocenters. The van der Waals surface area contributed by atoms with E-state index in [-0.39, 0.29) is 0 Å². The first-order valence-electron chi connectivity index (χ1n) is 13.5. The van der Waals surface area contributed by atoms with Crippen LogP contribution >= 0.6 is 15.9 Å². The van der Waals surface area contributed by atoms with Crippen LogP contribution in [-0.4, -0.2) is 94.0 Å². The van der Waals surface area contributed by atoms with E-state index in [0.717, 1.165) is 91.6 Å². The second-order valence-electron chi connectivity index (χ2n) is 10.5. The molecule has 2 aliphatic rings. The standard InChI is InChI=1S/C29H35BrN8/c1-21(23-6-8-31-9-7-23)37-14-16-38(17-15-37)27-25(30)19-32-29-26(27)33-28(34-29)24-5-3-4-22(18-24)20-36-12-10-35(2)11-13-36/h3-9,18-19,21H,10-17,20H2,1-2H3,(H,32,33,34). The molecule has 38 heavy (non-hydrogen) atoms. The van der Waals surface area contributed by atoms with Crippen LogP contribution in [0.3, 0.4) is 0 Å². The fourth-order valence-corrected chi connectivity index (χ4v) is 6.16. The molecule has 2 saturated heterocycles. The first-order chi connectivity index (χ1) is 18.5. The third kappa shape index (κ3) is 5.33. The number of aromatic nitrogens is 4. The molecule has 8 nitrogen and oxygen atoms in total. The van der Waals surface area contributed by atoms with Crippen molar-refractivity contribution in [2.75, 3.05) is 64.3 Å². The molecule has 0 radical (unpaired) electrons. The fraction of sp³-hybridized carbons (Fsp3) is 0.414. The maximum atomic E-state index is 5.09. The molecule has 198 valence electrons. The third-order valence-electron chi connectivity index (χ3n) is 8.01. The molecule has 6 rings (SSSR count). The lowest BCUT2D eigenvalue weighted by Gasteiger charge is -2.39. The van der Waals surface area contributed by atoms with Gasteiger partial charge < -0.3 is 14.8 Å². The summed E-state index contributed by atoms with van der Waals surface area (Å²) in [4.78, 5) is 27.3. The number of halogens is 1. The molecule has 0 bridgehead atoms. The quantitative estimate of drug-likeness (QED) is 0.365. The summed E-state index contributed by atoms with van der Waals surface area (Å²) in [5.41, 5.74) is 6.62. The number of benzene rings is 1. The van der Waals surface area contributed by atoms with E-state index in [1.54, 1.807) is 0 Å². The molecule has 0 amide bonds. The van der Waals surface area contributed by atoms with Crippen LogP contribution in [-0.2, 0) is 6.54 Å². The van der Waals surface area contributed by atoms with Crippen LogP contribution in [0.25, 0.3) is 22.6 Å². The Bertz CT molecular complexity index is 1370. The lowest BCUT2D eigenvalue weighted by atomic mass is 10.1. The summed E-state index contributed by atoms with van der Waals surface area (Å²) >= 11 is 3.78. The van der Waals surface area contributed by atoms with Gasteiger partial charge in [-0.05, 0) is 59.2 Å². The molecule has 9 heteroatoms. The molecule has 4 aromatic rings. The van der Waals surface area contributed by atoms with Crippen molar-refractivity contribution in [3.63, 3.8) is 0 Å². The number of pyridine rings is 2. The number of imidazole rings is 1. The Morgan fingerprint density at radius 2 is 1.74 bits per heavy atom. The highest BCUT2D eigenvalue weighted by atomic mass is 79.9. The number of H-pyrrole nitrogens is 1. The van der Waals surface area contributed by atoms with Crippen LogP contribution in [0.5, 0.6) is 0 Å². The maximum Gasteiger partial charge on any atom is 0.159 e. The van der Waals surface area contributed by atoms with Gasteiger partial charge in [-0.2, -0.15) is 0 Å². The molecule has 0 saturated carbocycles. The average Bonchev–Trinajstić information content (AvgIpc) is 3.39. The number of anilines is 1. The molecule has 2 fully saturated rings. The van der Waals surface area contributed by atoms with Gasteiger partial charge in [0.1, 0.15) is 11.3 Å². The van der Waals surface area contributed by atoms with Gasteiger partial charge in [-0.1, -0.05) is 18.2 Å². The number of hydrogen-bond donors (Lipinski definition) is 1. The lowest BCUT2D eigenvalue weighted by molar-refractivity contribution is 0.148. The number of likely N-dealkylation sites (N-methyl/N-ethyl adjacent to an activating group) is 1. The zero-order valence-corrected chi connectivity index (χ0v) is 23.7. The Hall–Kier alpha value is -2.85. The van der Waals surface area contributed by atoms with Crippen LogP contribution in [0.4, 0.5) is 5.69 Å². The number of rotatable bonds is 6. The number of aromatic amines is 1. The van der Waals surface area contributed by atoms with Crippen LogP contribution in [0, 0.1) is 0 Å². The number of fused-ring (bicyclic) bond motifs is 1. The van der Waals surface area contributed by atoms with Gasteiger partial charge in [0, 0.05) is 89.1 Å². The van der Waals surface area contributed by atoms with Crippen molar-refractivity contribution in [3.8, 4) is 11.4 Å². The zero-order valence-electron chi connectivity index (χ0n) is 22.1. The highest BCUT2D eigenvalue weighted by molar-refractivity contribution is 9.10. The Balaban J connectivity index is 1.20. The minimum absolute atomic E-state index is 0.371. The van der Waals surface area contributed by atoms with Crippen LogP contribution < -0.4 is 4.90 Å². The lowest BCUT2D eigenvalue weighted by Crippen LogP contribution is -2.47. The minimum Gasteiger partial charge on any atom is -0.366 e. The van der Waals surface area contributed by atoms with Crippen LogP contribution in [0.1, 0.15) is 24.1 Å². The van der Waals surface area contributed by atoms with E-state index in [0.29, 0.717) is 6.04 Å². The Labute approximate surface area is 232 Å². The SMILES string of the molecule is CC(c1ccncc1)N1CCN(c2c(Br)cnc3[nH]c(-c4cccc(CN5CCN(C)CC5)c4)nc23)CC1. The highest BCUT2D eigenvalue weighted by Gasteiger charge is 2.26. The summed E-state index contributed by atoms with van der Waals surface area (Å²) in [6, 6.07) is 13.4. The Kier molecular flexibility index (Phi) is 7.43. The van der Waals surface area contributed by atoms with Crippen molar-refractivity contribution in [1.29, 1.82) is 0 Å². The normalized spacial score (nSPS) is 18.8. The molecular formula is C29H35BrN8. The Morgan fingerprint density at radius 1 is 0.974 bits per heavy atom. The molecule has 5 heterocycles. The van der Waals surface area contributed by atoms with Gasteiger partial charge in [-0.3, -0.25) is 14.8 Å². The molecule has 1 atom stereocenters. The molecule has 0 aliphatic carbocycles. The average molecular weight is 576 g/mol. The maximum absolute atomic E-state index is 5.09. The first kappa shape index (κ1) is 25.4. The van der Waals surface area contributed by atoms with Crippen molar-refractivity contribution < 1.29 is 0 Å². The number of nitrogens with zero attached hydrogens (tertiary/aromatic N) is 7. The first-order valence-corrected chi connectivity index (χ1v) is 14.3. The Morgan fingerprint density at radius 3 is 2.50 bits per heavy atom. The van der Waals surface area contributed by atoms with E-state index < -0.39 is 0 Å². The second kappa shape index (κ2) is 11.1. The minimum atomic E-state index is 0.371. The van der Waals surface area contributed by atoms with Gasteiger partial charge >= 0.3 is 0 Å². The van der Waals surface area contributed by atoms with Gasteiger partial charge in [0.05, 0.1) is 10.2 Å². The van der Waals surface area contributed by atoms with E-state index in [2.05, 4.69) is 101 Å². The summed E-state index contributed by atoms with van der Waals surface area (Å²) in [5, 5.41) is 0. The predicted molar refractivity (Wildman–Crippen MR) is 156 cm³/mol. The summed E-state index contributed by atoms with van der Waals surface area (Å²) in [5.74, 6) is 0.872. The summed E-state index contributed by atoms with van der Waals surface area (Å²) < 4.78 is 0.988. The van der Waals surface area contributed by atoms with Gasteiger partial charge in [-0.25, -0.2) is 9.97 Å². The van der Waals surface area contributed by atoms with Crippen molar-refractivity contribution >= 4 is 32.8 Å². The van der Waals surface area contributed by atoms with Crippen molar-refractivity contribution in [2.45, 2.75) is 19.5 Å². The zero-order chi connectivity index (χ0) is 26.1. The fourth-order valence-electron chi connectivity index (χ4n) is 5.62. The van der Waals surface area contributed by atoms with Crippen molar-refractivity contribution in [2.24, 2.45) is 0 Å². The second-order valence-corrected chi connectivity index (χ2v) is 11.4. The van der Waals surface area contributed by atoms with E-state index in [1.807, 2.05) is 18.6 Å². The van der Waals surface area contributed by atoms with Crippen molar-refractivity contribution in [1.82, 2.24) is 34.6 Å². The third-order valence-corrected chi connectivity index (χ3v) is 8.59. The van der Waals surface area contributed by atoms with Gasteiger partial charge in [0.25, 0.3) is 0 Å².